The first-order valence-corrected chi connectivity index (χ1v) is 9.16. The maximum atomic E-state index is 13.9. The number of hydrogen-bond donors (Lipinski definition) is 0. The average Bonchev–Trinajstić information content (AvgIpc) is 3.05. The van der Waals surface area contributed by atoms with Crippen LogP contribution < -0.4 is 14.2 Å². The van der Waals surface area contributed by atoms with E-state index in [0.29, 0.717) is 22.4 Å². The van der Waals surface area contributed by atoms with Crippen LogP contribution in [0.1, 0.15) is 31.8 Å². The third-order valence-corrected chi connectivity index (χ3v) is 4.65. The lowest BCUT2D eigenvalue weighted by molar-refractivity contribution is 0.0734. The highest BCUT2D eigenvalue weighted by Gasteiger charge is 2.30. The number of methoxy groups -OCH3 is 1. The number of ketones is 1. The summed E-state index contributed by atoms with van der Waals surface area (Å²) in [5, 5.41) is 0. The maximum absolute atomic E-state index is 13.9. The van der Waals surface area contributed by atoms with Crippen LogP contribution in [0.5, 0.6) is 17.2 Å². The zero-order valence-corrected chi connectivity index (χ0v) is 16.3. The van der Waals surface area contributed by atoms with Gasteiger partial charge in [0.1, 0.15) is 23.1 Å². The summed E-state index contributed by atoms with van der Waals surface area (Å²) in [6.45, 7) is 1.72. The Labute approximate surface area is 172 Å². The van der Waals surface area contributed by atoms with Crippen molar-refractivity contribution < 1.29 is 28.2 Å². The van der Waals surface area contributed by atoms with Gasteiger partial charge in [-0.05, 0) is 48.9 Å². The minimum atomic E-state index is -0.570. The maximum Gasteiger partial charge on any atom is 0.343 e. The molecule has 1 aliphatic heterocycles. The number of ether oxygens (including phenoxy) is 3. The van der Waals surface area contributed by atoms with E-state index >= 15 is 0 Å². The van der Waals surface area contributed by atoms with Crippen LogP contribution in [-0.4, -0.2) is 18.9 Å². The van der Waals surface area contributed by atoms with Gasteiger partial charge in [-0.25, -0.2) is 9.18 Å². The summed E-state index contributed by atoms with van der Waals surface area (Å²) < 4.78 is 30.1. The fraction of sp³-hybridized carbons (Fsp3) is 0.0833. The molecular weight excluding hydrogens is 387 g/mol. The molecule has 0 saturated heterocycles. The Hall–Kier alpha value is -3.93. The monoisotopic (exact) mass is 404 g/mol. The van der Waals surface area contributed by atoms with E-state index < -0.39 is 11.8 Å². The van der Waals surface area contributed by atoms with E-state index in [0.717, 1.165) is 0 Å². The molecule has 1 heterocycles. The minimum Gasteiger partial charge on any atom is -0.497 e. The predicted octanol–water partition coefficient (Wildman–Crippen LogP) is 4.98. The Morgan fingerprint density at radius 2 is 1.83 bits per heavy atom. The van der Waals surface area contributed by atoms with E-state index in [1.54, 1.807) is 55.5 Å². The predicted molar refractivity (Wildman–Crippen MR) is 108 cm³/mol. The summed E-state index contributed by atoms with van der Waals surface area (Å²) in [6.07, 6.45) is 1.36. The molecule has 5 nitrogen and oxygen atoms in total. The zero-order valence-electron chi connectivity index (χ0n) is 16.3. The zero-order chi connectivity index (χ0) is 21.3. The molecule has 30 heavy (non-hydrogen) atoms. The van der Waals surface area contributed by atoms with Gasteiger partial charge in [-0.3, -0.25) is 4.79 Å². The van der Waals surface area contributed by atoms with Gasteiger partial charge in [-0.1, -0.05) is 24.3 Å². The van der Waals surface area contributed by atoms with Crippen LogP contribution in [0.3, 0.4) is 0 Å². The van der Waals surface area contributed by atoms with Crippen LogP contribution in [0.4, 0.5) is 4.39 Å². The van der Waals surface area contributed by atoms with Crippen LogP contribution in [0, 0.1) is 12.7 Å². The molecule has 3 aromatic rings. The van der Waals surface area contributed by atoms with Crippen molar-refractivity contribution in [2.24, 2.45) is 0 Å². The number of allylic oxidation sites excluding steroid dienone is 1. The molecule has 0 spiro atoms. The van der Waals surface area contributed by atoms with Crippen molar-refractivity contribution in [2.75, 3.05) is 7.11 Å². The molecule has 0 unspecified atom stereocenters. The summed E-state index contributed by atoms with van der Waals surface area (Å²) in [5.74, 6) is -0.339. The number of carbonyl (C=O) groups is 2. The molecule has 4 rings (SSSR count). The fourth-order valence-corrected chi connectivity index (χ4v) is 3.19. The van der Waals surface area contributed by atoms with Crippen LogP contribution in [0.15, 0.2) is 66.4 Å². The molecule has 0 aliphatic carbocycles. The van der Waals surface area contributed by atoms with Crippen molar-refractivity contribution in [3.63, 3.8) is 0 Å². The van der Waals surface area contributed by atoms with Gasteiger partial charge in [0.15, 0.2) is 5.76 Å². The van der Waals surface area contributed by atoms with Crippen molar-refractivity contribution in [1.82, 2.24) is 0 Å². The van der Waals surface area contributed by atoms with E-state index in [9.17, 15) is 14.0 Å². The number of hydrogen-bond acceptors (Lipinski definition) is 5. The van der Waals surface area contributed by atoms with E-state index in [4.69, 9.17) is 14.2 Å². The second-order valence-electron chi connectivity index (χ2n) is 6.70. The summed E-state index contributed by atoms with van der Waals surface area (Å²) in [7, 11) is 1.51. The second-order valence-corrected chi connectivity index (χ2v) is 6.70. The third-order valence-electron chi connectivity index (χ3n) is 4.65. The summed E-state index contributed by atoms with van der Waals surface area (Å²) in [5.41, 5.74) is 1.52. The van der Waals surface area contributed by atoms with E-state index in [1.807, 2.05) is 0 Å². The van der Waals surface area contributed by atoms with Crippen LogP contribution in [-0.2, 0) is 0 Å². The quantitative estimate of drug-likeness (QED) is 0.349. The molecular formula is C24H17FO5. The summed E-state index contributed by atoms with van der Waals surface area (Å²) in [4.78, 5) is 25.2. The van der Waals surface area contributed by atoms with Crippen molar-refractivity contribution in [3.8, 4) is 17.2 Å². The molecule has 0 amide bonds. The smallest absolute Gasteiger partial charge is 0.343 e. The standard InChI is InChI=1S/C24H17FO5/c1-14-10-18(29-24(27)16-7-5-8-17(11-16)28-2)13-20-22(14)23(26)21(30-20)12-15-6-3-4-9-19(15)25/h3-13H,1-2H3/b21-12-. The largest absolute Gasteiger partial charge is 0.497 e. The van der Waals surface area contributed by atoms with Crippen molar-refractivity contribution in [3.05, 3.63) is 94.5 Å². The van der Waals surface area contributed by atoms with Gasteiger partial charge in [0.25, 0.3) is 0 Å². The van der Waals surface area contributed by atoms with Crippen molar-refractivity contribution in [1.29, 1.82) is 0 Å². The molecule has 0 atom stereocenters. The highest BCUT2D eigenvalue weighted by atomic mass is 19.1. The van der Waals surface area contributed by atoms with Gasteiger partial charge in [-0.2, -0.15) is 0 Å². The number of benzene rings is 3. The summed E-state index contributed by atoms with van der Waals surface area (Å²) >= 11 is 0. The highest BCUT2D eigenvalue weighted by Crippen LogP contribution is 2.38. The van der Waals surface area contributed by atoms with E-state index in [2.05, 4.69) is 0 Å². The minimum absolute atomic E-state index is 0.00877. The fourth-order valence-electron chi connectivity index (χ4n) is 3.19. The van der Waals surface area contributed by atoms with Crippen molar-refractivity contribution in [2.45, 2.75) is 6.92 Å². The normalized spacial score (nSPS) is 13.7. The molecule has 0 bridgehead atoms. The topological polar surface area (TPSA) is 61.8 Å². The van der Waals surface area contributed by atoms with Gasteiger partial charge in [-0.15, -0.1) is 0 Å². The van der Waals surface area contributed by atoms with Crippen LogP contribution in [0.2, 0.25) is 0 Å². The Morgan fingerprint density at radius 3 is 2.60 bits per heavy atom. The second kappa shape index (κ2) is 7.83. The Morgan fingerprint density at radius 1 is 1.03 bits per heavy atom. The van der Waals surface area contributed by atoms with Crippen LogP contribution >= 0.6 is 0 Å². The Kier molecular flexibility index (Phi) is 5.06. The number of fused-ring (bicyclic) bond motifs is 1. The molecule has 150 valence electrons. The molecule has 0 radical (unpaired) electrons. The number of rotatable bonds is 4. The number of aryl methyl sites for hydroxylation is 1. The Balaban J connectivity index is 1.61. The average molecular weight is 404 g/mol. The lowest BCUT2D eigenvalue weighted by Gasteiger charge is -2.08. The van der Waals surface area contributed by atoms with Crippen molar-refractivity contribution >= 4 is 17.8 Å². The van der Waals surface area contributed by atoms with E-state index in [1.165, 1.54) is 25.3 Å². The van der Waals surface area contributed by atoms with Crippen LogP contribution in [0.25, 0.3) is 6.08 Å². The molecule has 1 aliphatic rings. The van der Waals surface area contributed by atoms with Gasteiger partial charge < -0.3 is 14.2 Å². The summed E-state index contributed by atoms with van der Waals surface area (Å²) in [6, 6.07) is 15.7. The third kappa shape index (κ3) is 3.67. The highest BCUT2D eigenvalue weighted by molar-refractivity contribution is 6.15. The SMILES string of the molecule is COc1cccc(C(=O)Oc2cc(C)c3c(c2)O/C(=C\c2ccccc2F)C3=O)c1. The number of carbonyl (C=O) groups excluding carboxylic acids is 2. The first kappa shape index (κ1) is 19.4. The lowest BCUT2D eigenvalue weighted by Crippen LogP contribution is -2.09. The Bertz CT molecular complexity index is 1200. The lowest BCUT2D eigenvalue weighted by atomic mass is 10.0. The molecule has 3 aromatic carbocycles. The van der Waals surface area contributed by atoms with Gasteiger partial charge in [0.2, 0.25) is 5.78 Å². The van der Waals surface area contributed by atoms with E-state index in [-0.39, 0.29) is 28.6 Å². The number of halogens is 1. The number of esters is 1. The van der Waals surface area contributed by atoms with Gasteiger partial charge in [0.05, 0.1) is 18.2 Å². The number of Topliss-reactive ketones (excluding diaryl/α,β-unsaturated/α-hetero) is 1. The molecule has 0 saturated carbocycles. The molecule has 0 N–H and O–H groups in total. The van der Waals surface area contributed by atoms with Gasteiger partial charge >= 0.3 is 5.97 Å². The molecule has 6 heteroatoms. The molecule has 0 aromatic heterocycles. The first-order valence-electron chi connectivity index (χ1n) is 9.16. The molecule has 0 fully saturated rings. The first-order chi connectivity index (χ1) is 14.5. The van der Waals surface area contributed by atoms with Gasteiger partial charge in [0, 0.05) is 11.6 Å².